The second kappa shape index (κ2) is 9.94. The Bertz CT molecular complexity index is 1210. The highest BCUT2D eigenvalue weighted by molar-refractivity contribution is 6.10. The molecular weight excluding hydrogens is 436 g/mol. The zero-order valence-electron chi connectivity index (χ0n) is 18.6. The zero-order valence-corrected chi connectivity index (χ0v) is 18.6. The second-order valence-corrected chi connectivity index (χ2v) is 8.35. The number of amides is 1. The van der Waals surface area contributed by atoms with E-state index < -0.39 is 18.2 Å². The molecule has 176 valence electrons. The molecule has 3 aromatic rings. The van der Waals surface area contributed by atoms with Gasteiger partial charge in [0.15, 0.2) is 0 Å². The smallest absolute Gasteiger partial charge is 0.247 e. The molecule has 0 aliphatic heterocycles. The predicted molar refractivity (Wildman–Crippen MR) is 125 cm³/mol. The van der Waals surface area contributed by atoms with E-state index in [-0.39, 0.29) is 34.7 Å². The van der Waals surface area contributed by atoms with Crippen LogP contribution in [-0.2, 0) is 11.3 Å². The summed E-state index contributed by atoms with van der Waals surface area (Å²) in [7, 11) is 0. The Morgan fingerprint density at radius 1 is 1.26 bits per heavy atom. The summed E-state index contributed by atoms with van der Waals surface area (Å²) in [6.45, 7) is 5.69. The number of carbonyl (C=O) groups excluding carboxylic acids is 2. The van der Waals surface area contributed by atoms with Crippen molar-refractivity contribution in [2.75, 3.05) is 10.6 Å². The number of aromatic nitrogens is 4. The quantitative estimate of drug-likeness (QED) is 0.292. The van der Waals surface area contributed by atoms with Gasteiger partial charge in [-0.15, -0.1) is 0 Å². The Morgan fingerprint density at radius 3 is 2.82 bits per heavy atom. The van der Waals surface area contributed by atoms with Crippen molar-refractivity contribution in [3.8, 4) is 0 Å². The molecule has 4 atom stereocenters. The van der Waals surface area contributed by atoms with E-state index in [1.807, 2.05) is 25.1 Å². The molecule has 0 unspecified atom stereocenters. The molecule has 2 heterocycles. The lowest BCUT2D eigenvalue weighted by Gasteiger charge is -2.19. The molecule has 1 aliphatic carbocycles. The molecule has 4 N–H and O–H groups in total. The number of aliphatic hydroxyl groups is 2. The molecule has 0 radical (unpaired) electrons. The number of benzene rings is 1. The Morgan fingerprint density at radius 2 is 2.09 bits per heavy atom. The molecular formula is C24H26N6O4. The molecule has 1 saturated carbocycles. The van der Waals surface area contributed by atoms with Crippen LogP contribution in [0.2, 0.25) is 0 Å². The number of hydrogen-bond donors (Lipinski definition) is 4. The van der Waals surface area contributed by atoms with E-state index in [4.69, 9.17) is 0 Å². The third kappa shape index (κ3) is 5.03. The summed E-state index contributed by atoms with van der Waals surface area (Å²) in [4.78, 5) is 32.8. The monoisotopic (exact) mass is 462 g/mol. The van der Waals surface area contributed by atoms with Crippen LogP contribution in [0.15, 0.2) is 61.7 Å². The summed E-state index contributed by atoms with van der Waals surface area (Å²) in [5, 5.41) is 30.5. The van der Waals surface area contributed by atoms with Gasteiger partial charge < -0.3 is 20.8 Å². The van der Waals surface area contributed by atoms with Crippen LogP contribution in [0, 0.1) is 5.92 Å². The number of carbonyl (C=O) groups is 2. The van der Waals surface area contributed by atoms with Crippen molar-refractivity contribution in [1.82, 2.24) is 19.7 Å². The molecule has 1 amide bonds. The fourth-order valence-electron chi connectivity index (χ4n) is 4.02. The fourth-order valence-corrected chi connectivity index (χ4v) is 4.02. The maximum Gasteiger partial charge on any atom is 0.247 e. The third-order valence-electron chi connectivity index (χ3n) is 5.85. The van der Waals surface area contributed by atoms with Gasteiger partial charge in [0.2, 0.25) is 11.7 Å². The van der Waals surface area contributed by atoms with Crippen LogP contribution in [0.5, 0.6) is 0 Å². The molecule has 0 bridgehead atoms. The van der Waals surface area contributed by atoms with Crippen molar-refractivity contribution in [2.24, 2.45) is 5.92 Å². The van der Waals surface area contributed by atoms with Gasteiger partial charge in [0.1, 0.15) is 23.9 Å². The van der Waals surface area contributed by atoms with Crippen molar-refractivity contribution in [3.63, 3.8) is 0 Å². The van der Waals surface area contributed by atoms with Gasteiger partial charge in [-0.3, -0.25) is 14.3 Å². The lowest BCUT2D eigenvalue weighted by molar-refractivity contribution is -0.111. The van der Waals surface area contributed by atoms with Crippen molar-refractivity contribution in [1.29, 1.82) is 0 Å². The predicted octanol–water partition coefficient (Wildman–Crippen LogP) is 1.62. The number of nitrogens with zero attached hydrogens (tertiary/aromatic N) is 4. The van der Waals surface area contributed by atoms with Crippen LogP contribution in [0.4, 0.5) is 11.5 Å². The summed E-state index contributed by atoms with van der Waals surface area (Å²) in [5.74, 6) is -0.457. The Balaban J connectivity index is 1.49. The molecule has 4 rings (SSSR count). The average Bonchev–Trinajstić information content (AvgIpc) is 3.39. The maximum atomic E-state index is 13.2. The van der Waals surface area contributed by atoms with Gasteiger partial charge in [0, 0.05) is 18.1 Å². The normalized spacial score (nSPS) is 21.7. The fraction of sp³-hybridized carbons (Fsp3) is 0.292. The van der Waals surface area contributed by atoms with Crippen molar-refractivity contribution >= 4 is 23.2 Å². The molecule has 10 nitrogen and oxygen atoms in total. The number of anilines is 2. The largest absolute Gasteiger partial charge is 0.390 e. The van der Waals surface area contributed by atoms with Gasteiger partial charge in [-0.25, -0.2) is 9.97 Å². The van der Waals surface area contributed by atoms with E-state index in [0.717, 1.165) is 5.56 Å². The molecule has 1 aromatic carbocycles. The second-order valence-electron chi connectivity index (χ2n) is 8.35. The van der Waals surface area contributed by atoms with Crippen LogP contribution in [-0.4, -0.2) is 59.9 Å². The molecule has 2 aromatic heterocycles. The van der Waals surface area contributed by atoms with Crippen LogP contribution in [0.1, 0.15) is 35.0 Å². The minimum absolute atomic E-state index is 0.0761. The Labute approximate surface area is 196 Å². The summed E-state index contributed by atoms with van der Waals surface area (Å²) in [5.41, 5.74) is 1.96. The summed E-state index contributed by atoms with van der Waals surface area (Å²) >= 11 is 0. The van der Waals surface area contributed by atoms with E-state index in [2.05, 4.69) is 32.3 Å². The Kier molecular flexibility index (Phi) is 6.80. The average molecular weight is 463 g/mol. The number of hydrogen-bond acceptors (Lipinski definition) is 8. The molecule has 1 fully saturated rings. The first kappa shape index (κ1) is 23.3. The number of ketones is 1. The third-order valence-corrected chi connectivity index (χ3v) is 5.85. The summed E-state index contributed by atoms with van der Waals surface area (Å²) in [6, 6.07) is 8.48. The molecule has 10 heteroatoms. The number of rotatable bonds is 8. The van der Waals surface area contributed by atoms with Crippen LogP contribution >= 0.6 is 0 Å². The molecule has 34 heavy (non-hydrogen) atoms. The first-order chi connectivity index (χ1) is 16.4. The number of aliphatic hydroxyl groups excluding tert-OH is 2. The zero-order chi connectivity index (χ0) is 24.2. The molecule has 1 aliphatic rings. The SMILES string of the molecule is C=CC(=O)Nc1cccc(Cn2ccc(C(=O)c3cncnc3N[C@@H]3C[C@@H](C)[C@@H](O)[C@H]3O)n2)c1. The minimum atomic E-state index is -0.959. The Hall–Kier alpha value is -3.89. The highest BCUT2D eigenvalue weighted by Gasteiger charge is 2.39. The maximum absolute atomic E-state index is 13.2. The first-order valence-corrected chi connectivity index (χ1v) is 10.9. The van der Waals surface area contributed by atoms with Crippen molar-refractivity contribution in [3.05, 3.63) is 78.5 Å². The van der Waals surface area contributed by atoms with E-state index in [1.54, 1.807) is 23.0 Å². The van der Waals surface area contributed by atoms with E-state index in [0.29, 0.717) is 18.7 Å². The lowest BCUT2D eigenvalue weighted by atomic mass is 10.1. The summed E-state index contributed by atoms with van der Waals surface area (Å²) in [6.07, 6.45) is 4.36. The van der Waals surface area contributed by atoms with Crippen molar-refractivity contribution < 1.29 is 19.8 Å². The summed E-state index contributed by atoms with van der Waals surface area (Å²) < 4.78 is 1.62. The van der Waals surface area contributed by atoms with Crippen LogP contribution in [0.25, 0.3) is 0 Å². The van der Waals surface area contributed by atoms with E-state index in [1.165, 1.54) is 18.6 Å². The van der Waals surface area contributed by atoms with E-state index >= 15 is 0 Å². The minimum Gasteiger partial charge on any atom is -0.390 e. The lowest BCUT2D eigenvalue weighted by Crippen LogP contribution is -2.35. The van der Waals surface area contributed by atoms with Gasteiger partial charge in [0.25, 0.3) is 0 Å². The molecule has 0 spiro atoms. The van der Waals surface area contributed by atoms with Gasteiger partial charge in [-0.2, -0.15) is 5.10 Å². The van der Waals surface area contributed by atoms with Gasteiger partial charge in [-0.1, -0.05) is 25.6 Å². The molecule has 0 saturated heterocycles. The van der Waals surface area contributed by atoms with Crippen LogP contribution < -0.4 is 10.6 Å². The highest BCUT2D eigenvalue weighted by atomic mass is 16.3. The first-order valence-electron chi connectivity index (χ1n) is 10.9. The van der Waals surface area contributed by atoms with Gasteiger partial charge in [0.05, 0.1) is 24.3 Å². The number of nitrogens with one attached hydrogen (secondary N) is 2. The van der Waals surface area contributed by atoms with Gasteiger partial charge in [-0.05, 0) is 42.2 Å². The van der Waals surface area contributed by atoms with Gasteiger partial charge >= 0.3 is 0 Å². The topological polar surface area (TPSA) is 142 Å². The standard InChI is InChI=1S/C24H26N6O4/c1-3-20(31)27-16-6-4-5-15(10-16)12-30-8-7-18(29-30)22(33)17-11-25-13-26-24(17)28-19-9-14(2)21(32)23(19)34/h3-8,10-11,13-14,19,21,23,32,34H,1,9,12H2,2H3,(H,27,31)(H,25,26,28)/t14-,19-,21-,23+/m1/s1. The highest BCUT2D eigenvalue weighted by Crippen LogP contribution is 2.29. The van der Waals surface area contributed by atoms with Crippen molar-refractivity contribution in [2.45, 2.75) is 38.1 Å². The van der Waals surface area contributed by atoms with E-state index in [9.17, 15) is 19.8 Å². The van der Waals surface area contributed by atoms with Crippen LogP contribution in [0.3, 0.4) is 0 Å².